The van der Waals surface area contributed by atoms with Crippen LogP contribution in [0.1, 0.15) is 6.92 Å². The molecule has 2 aromatic carbocycles. The zero-order valence-corrected chi connectivity index (χ0v) is 17.5. The summed E-state index contributed by atoms with van der Waals surface area (Å²) in [6.45, 7) is 2.45. The lowest BCUT2D eigenvalue weighted by Gasteiger charge is -2.09. The molecule has 0 unspecified atom stereocenters. The second kappa shape index (κ2) is 8.79. The number of methoxy groups -OCH3 is 1. The first-order valence-corrected chi connectivity index (χ1v) is 10.1. The summed E-state index contributed by atoms with van der Waals surface area (Å²) in [7, 11) is 1.59. The number of fused-ring (bicyclic) bond motifs is 1. The Morgan fingerprint density at radius 2 is 1.77 bits per heavy atom. The lowest BCUT2D eigenvalue weighted by molar-refractivity contribution is -0.383. The minimum Gasteiger partial charge on any atom is -0.497 e. The van der Waals surface area contributed by atoms with Gasteiger partial charge in [0.05, 0.1) is 28.9 Å². The van der Waals surface area contributed by atoms with Crippen LogP contribution in [0.25, 0.3) is 10.2 Å². The van der Waals surface area contributed by atoms with E-state index in [1.165, 1.54) is 17.7 Å². The number of nitro groups is 1. The van der Waals surface area contributed by atoms with Gasteiger partial charge in [0.2, 0.25) is 11.6 Å². The first-order valence-electron chi connectivity index (χ1n) is 9.28. The van der Waals surface area contributed by atoms with Crippen molar-refractivity contribution >= 4 is 49.7 Å². The Labute approximate surface area is 181 Å². The smallest absolute Gasteiger partial charge is 0.353 e. The lowest BCUT2D eigenvalue weighted by Crippen LogP contribution is -2.05. The van der Waals surface area contributed by atoms with E-state index in [1.54, 1.807) is 37.4 Å². The number of nitrogens with one attached hydrogen (secondary N) is 2. The Morgan fingerprint density at radius 3 is 2.45 bits per heavy atom. The molecule has 0 saturated carbocycles. The maximum Gasteiger partial charge on any atom is 0.353 e. The van der Waals surface area contributed by atoms with Gasteiger partial charge in [0, 0.05) is 5.69 Å². The summed E-state index contributed by atoms with van der Waals surface area (Å²) >= 11 is 1.34. The van der Waals surface area contributed by atoms with Crippen LogP contribution in [0, 0.1) is 10.1 Å². The third-order valence-electron chi connectivity index (χ3n) is 4.25. The summed E-state index contributed by atoms with van der Waals surface area (Å²) < 4.78 is 11.5. The monoisotopic (exact) mass is 438 g/mol. The molecule has 31 heavy (non-hydrogen) atoms. The molecule has 0 spiro atoms. The molecule has 10 nitrogen and oxygen atoms in total. The maximum atomic E-state index is 11.8. The van der Waals surface area contributed by atoms with Gasteiger partial charge in [-0.05, 0) is 49.4 Å². The highest BCUT2D eigenvalue weighted by molar-refractivity contribution is 7.22. The number of hydrogen-bond donors (Lipinski definition) is 2. The molecule has 0 atom stereocenters. The Hall–Kier alpha value is -3.99. The van der Waals surface area contributed by atoms with Gasteiger partial charge in [0.1, 0.15) is 17.8 Å². The molecule has 0 radical (unpaired) electrons. The van der Waals surface area contributed by atoms with Crippen molar-refractivity contribution in [3.8, 4) is 11.5 Å². The first kappa shape index (κ1) is 20.3. The van der Waals surface area contributed by atoms with Crippen molar-refractivity contribution in [3.63, 3.8) is 0 Å². The number of aromatic nitrogens is 3. The molecule has 0 bridgehead atoms. The van der Waals surface area contributed by atoms with Crippen LogP contribution >= 0.6 is 11.3 Å². The number of nitrogens with zero attached hydrogens (tertiary/aromatic N) is 4. The molecular formula is C20H18N6O4S. The van der Waals surface area contributed by atoms with Crippen molar-refractivity contribution in [2.45, 2.75) is 6.92 Å². The van der Waals surface area contributed by atoms with Gasteiger partial charge in [0.15, 0.2) is 5.13 Å². The third-order valence-corrected chi connectivity index (χ3v) is 5.19. The van der Waals surface area contributed by atoms with Gasteiger partial charge in [-0.15, -0.1) is 0 Å². The van der Waals surface area contributed by atoms with E-state index in [1.807, 2.05) is 19.1 Å². The zero-order chi connectivity index (χ0) is 21.8. The number of thiazole rings is 1. The van der Waals surface area contributed by atoms with Gasteiger partial charge < -0.3 is 20.1 Å². The van der Waals surface area contributed by atoms with Crippen molar-refractivity contribution in [1.82, 2.24) is 15.0 Å². The lowest BCUT2D eigenvalue weighted by atomic mass is 10.3. The minimum atomic E-state index is -0.532. The molecule has 0 fully saturated rings. The number of ether oxygens (including phenoxy) is 2. The highest BCUT2D eigenvalue weighted by Crippen LogP contribution is 2.36. The van der Waals surface area contributed by atoms with Crippen LogP contribution in [0.2, 0.25) is 0 Å². The van der Waals surface area contributed by atoms with E-state index in [2.05, 4.69) is 25.6 Å². The van der Waals surface area contributed by atoms with Gasteiger partial charge in [-0.2, -0.15) is 0 Å². The van der Waals surface area contributed by atoms with Crippen molar-refractivity contribution in [1.29, 1.82) is 0 Å². The predicted octanol–water partition coefficient (Wildman–Crippen LogP) is 4.89. The minimum absolute atomic E-state index is 0.0412. The fourth-order valence-electron chi connectivity index (χ4n) is 2.86. The molecule has 11 heteroatoms. The molecule has 0 saturated heterocycles. The zero-order valence-electron chi connectivity index (χ0n) is 16.7. The van der Waals surface area contributed by atoms with Gasteiger partial charge >= 0.3 is 5.69 Å². The molecule has 4 rings (SSSR count). The average Bonchev–Trinajstić information content (AvgIpc) is 3.16. The van der Waals surface area contributed by atoms with E-state index in [4.69, 9.17) is 9.47 Å². The summed E-state index contributed by atoms with van der Waals surface area (Å²) in [6, 6.07) is 12.5. The fraction of sp³-hybridized carbons (Fsp3) is 0.150. The largest absolute Gasteiger partial charge is 0.497 e. The molecule has 2 aromatic heterocycles. The standard InChI is InChI=1S/C20H18N6O4S/c1-3-30-13-6-4-12(5-7-13)23-18-17(26(27)28)19(22-11-21-18)25-20-24-15-9-8-14(29-2)10-16(15)31-20/h4-11H,3H2,1-2H3,(H2,21,22,23,24,25). The van der Waals surface area contributed by atoms with Crippen LogP contribution in [0.4, 0.5) is 28.1 Å². The Morgan fingerprint density at radius 1 is 1.06 bits per heavy atom. The molecular weight excluding hydrogens is 420 g/mol. The van der Waals surface area contributed by atoms with Gasteiger partial charge in [-0.1, -0.05) is 11.3 Å². The molecule has 0 aliphatic rings. The molecule has 4 aromatic rings. The molecule has 2 heterocycles. The van der Waals surface area contributed by atoms with E-state index in [9.17, 15) is 10.1 Å². The van der Waals surface area contributed by atoms with Crippen LogP contribution in [-0.4, -0.2) is 33.6 Å². The number of rotatable bonds is 8. The molecule has 2 N–H and O–H groups in total. The SMILES string of the molecule is CCOc1ccc(Nc2ncnc(Nc3nc4ccc(OC)cc4s3)c2[N+](=O)[O-])cc1. The van der Waals surface area contributed by atoms with Gasteiger partial charge in [0.25, 0.3) is 0 Å². The summed E-state index contributed by atoms with van der Waals surface area (Å²) in [6.07, 6.45) is 1.25. The summed E-state index contributed by atoms with van der Waals surface area (Å²) in [5.41, 5.74) is 1.09. The van der Waals surface area contributed by atoms with E-state index in [0.717, 1.165) is 10.2 Å². The second-order valence-corrected chi connectivity index (χ2v) is 7.27. The molecule has 0 aliphatic carbocycles. The van der Waals surface area contributed by atoms with Gasteiger partial charge in [-0.25, -0.2) is 15.0 Å². The summed E-state index contributed by atoms with van der Waals surface area (Å²) in [4.78, 5) is 23.8. The van der Waals surface area contributed by atoms with Crippen molar-refractivity contribution in [3.05, 3.63) is 58.9 Å². The molecule has 0 amide bonds. The topological polar surface area (TPSA) is 124 Å². The van der Waals surface area contributed by atoms with Crippen LogP contribution in [0.15, 0.2) is 48.8 Å². The van der Waals surface area contributed by atoms with Crippen LogP contribution in [0.3, 0.4) is 0 Å². The van der Waals surface area contributed by atoms with E-state index in [0.29, 0.717) is 28.9 Å². The normalized spacial score (nSPS) is 10.6. The highest BCUT2D eigenvalue weighted by atomic mass is 32.1. The van der Waals surface area contributed by atoms with Crippen molar-refractivity contribution < 1.29 is 14.4 Å². The van der Waals surface area contributed by atoms with Crippen LogP contribution in [-0.2, 0) is 0 Å². The van der Waals surface area contributed by atoms with Crippen molar-refractivity contribution in [2.75, 3.05) is 24.4 Å². The Kier molecular flexibility index (Phi) is 5.76. The predicted molar refractivity (Wildman–Crippen MR) is 119 cm³/mol. The Balaban J connectivity index is 1.63. The first-order chi connectivity index (χ1) is 15.1. The van der Waals surface area contributed by atoms with Crippen LogP contribution in [0.5, 0.6) is 11.5 Å². The third kappa shape index (κ3) is 4.46. The molecule has 0 aliphatic heterocycles. The number of hydrogen-bond acceptors (Lipinski definition) is 10. The van der Waals surface area contributed by atoms with E-state index >= 15 is 0 Å². The summed E-state index contributed by atoms with van der Waals surface area (Å²) in [5.74, 6) is 1.52. The molecule has 158 valence electrons. The number of anilines is 4. The van der Waals surface area contributed by atoms with Gasteiger partial charge in [-0.3, -0.25) is 10.1 Å². The van der Waals surface area contributed by atoms with E-state index in [-0.39, 0.29) is 17.3 Å². The average molecular weight is 438 g/mol. The Bertz CT molecular complexity index is 1230. The summed E-state index contributed by atoms with van der Waals surface area (Å²) in [5, 5.41) is 18.2. The number of benzene rings is 2. The maximum absolute atomic E-state index is 11.8. The second-order valence-electron chi connectivity index (χ2n) is 6.24. The van der Waals surface area contributed by atoms with Crippen LogP contribution < -0.4 is 20.1 Å². The quantitative estimate of drug-likeness (QED) is 0.292. The fourth-order valence-corrected chi connectivity index (χ4v) is 3.75. The highest BCUT2D eigenvalue weighted by Gasteiger charge is 2.24. The van der Waals surface area contributed by atoms with E-state index < -0.39 is 4.92 Å². The van der Waals surface area contributed by atoms with Crippen molar-refractivity contribution in [2.24, 2.45) is 0 Å².